The van der Waals surface area contributed by atoms with Crippen LogP contribution in [0.4, 0.5) is 4.79 Å². The molecule has 1 amide bonds. The molecule has 5 heteroatoms. The highest BCUT2D eigenvalue weighted by Crippen LogP contribution is 2.36. The van der Waals surface area contributed by atoms with Crippen LogP contribution in [0.5, 0.6) is 0 Å². The topological polar surface area (TPSA) is 55.8 Å². The van der Waals surface area contributed by atoms with Gasteiger partial charge in [0.2, 0.25) is 0 Å². The first-order chi connectivity index (χ1) is 9.70. The Morgan fingerprint density at radius 3 is 2.80 bits per heavy atom. The first-order valence-corrected chi connectivity index (χ1v) is 6.23. The number of ether oxygens (including phenoxy) is 2. The predicted molar refractivity (Wildman–Crippen MR) is 71.5 cm³/mol. The third kappa shape index (κ3) is 1.97. The molecule has 2 heterocycles. The lowest BCUT2D eigenvalue weighted by Gasteiger charge is -2.34. The second-order valence-electron chi connectivity index (χ2n) is 4.53. The molecule has 0 aliphatic carbocycles. The number of hydrogen-bond donors (Lipinski definition) is 0. The SMILES string of the molecule is COC(=O)N1C=Cc2ccccc2[C@@H]1[C@H]1C=CC(=O)O1. The van der Waals surface area contributed by atoms with Crippen molar-refractivity contribution in [3.63, 3.8) is 0 Å². The van der Waals surface area contributed by atoms with E-state index in [1.54, 1.807) is 12.3 Å². The molecule has 0 spiro atoms. The van der Waals surface area contributed by atoms with Gasteiger partial charge in [-0.2, -0.15) is 0 Å². The quantitative estimate of drug-likeness (QED) is 0.735. The van der Waals surface area contributed by atoms with Crippen LogP contribution in [0.3, 0.4) is 0 Å². The maximum absolute atomic E-state index is 11.9. The predicted octanol–water partition coefficient (Wildman–Crippen LogP) is 2.26. The largest absolute Gasteiger partial charge is 0.452 e. The number of fused-ring (bicyclic) bond motifs is 1. The molecule has 20 heavy (non-hydrogen) atoms. The molecule has 0 radical (unpaired) electrons. The molecule has 0 saturated carbocycles. The number of esters is 1. The number of hydrogen-bond acceptors (Lipinski definition) is 4. The Morgan fingerprint density at radius 2 is 2.10 bits per heavy atom. The summed E-state index contributed by atoms with van der Waals surface area (Å²) in [4.78, 5) is 24.6. The number of rotatable bonds is 1. The van der Waals surface area contributed by atoms with E-state index in [0.29, 0.717) is 0 Å². The minimum Gasteiger partial charge on any atom is -0.452 e. The van der Waals surface area contributed by atoms with Crippen molar-refractivity contribution >= 4 is 18.1 Å². The van der Waals surface area contributed by atoms with Gasteiger partial charge in [0.15, 0.2) is 0 Å². The molecular weight excluding hydrogens is 258 g/mol. The highest BCUT2D eigenvalue weighted by atomic mass is 16.6. The molecule has 0 aromatic heterocycles. The van der Waals surface area contributed by atoms with E-state index in [1.165, 1.54) is 18.1 Å². The van der Waals surface area contributed by atoms with Gasteiger partial charge in [0.1, 0.15) is 12.1 Å². The third-order valence-electron chi connectivity index (χ3n) is 3.40. The van der Waals surface area contributed by atoms with Gasteiger partial charge in [-0.1, -0.05) is 24.3 Å². The molecule has 3 rings (SSSR count). The minimum atomic E-state index is -0.507. The van der Waals surface area contributed by atoms with Crippen LogP contribution in [-0.4, -0.2) is 30.2 Å². The summed E-state index contributed by atoms with van der Waals surface area (Å²) in [5.41, 5.74) is 1.92. The van der Waals surface area contributed by atoms with Gasteiger partial charge in [-0.25, -0.2) is 9.59 Å². The minimum absolute atomic E-state index is 0.396. The van der Waals surface area contributed by atoms with Gasteiger partial charge in [-0.15, -0.1) is 0 Å². The average molecular weight is 271 g/mol. The number of carbonyl (C=O) groups excluding carboxylic acids is 2. The summed E-state index contributed by atoms with van der Waals surface area (Å²) in [7, 11) is 1.32. The Balaban J connectivity index is 2.04. The van der Waals surface area contributed by atoms with E-state index >= 15 is 0 Å². The first kappa shape index (κ1) is 12.5. The van der Waals surface area contributed by atoms with Crippen molar-refractivity contribution in [1.29, 1.82) is 0 Å². The van der Waals surface area contributed by atoms with Crippen molar-refractivity contribution in [2.24, 2.45) is 0 Å². The summed E-state index contributed by atoms with van der Waals surface area (Å²) in [6.45, 7) is 0. The molecule has 0 fully saturated rings. The summed E-state index contributed by atoms with van der Waals surface area (Å²) in [6.07, 6.45) is 5.53. The molecule has 0 N–H and O–H groups in total. The second-order valence-corrected chi connectivity index (χ2v) is 4.53. The van der Waals surface area contributed by atoms with Crippen LogP contribution in [-0.2, 0) is 14.3 Å². The lowest BCUT2D eigenvalue weighted by molar-refractivity contribution is -0.140. The van der Waals surface area contributed by atoms with Crippen LogP contribution in [0.25, 0.3) is 6.08 Å². The molecule has 1 aromatic rings. The molecule has 102 valence electrons. The fourth-order valence-corrected chi connectivity index (χ4v) is 2.51. The fraction of sp³-hybridized carbons (Fsp3) is 0.200. The van der Waals surface area contributed by atoms with Crippen LogP contribution in [0.2, 0.25) is 0 Å². The molecule has 1 aromatic carbocycles. The zero-order chi connectivity index (χ0) is 14.1. The molecular formula is C15H13NO4. The van der Waals surface area contributed by atoms with Crippen molar-refractivity contribution in [2.75, 3.05) is 7.11 Å². The van der Waals surface area contributed by atoms with E-state index in [-0.39, 0.29) is 0 Å². The van der Waals surface area contributed by atoms with E-state index < -0.39 is 24.2 Å². The summed E-state index contributed by atoms with van der Waals surface area (Å²) in [5, 5.41) is 0. The Bertz CT molecular complexity index is 620. The van der Waals surface area contributed by atoms with Gasteiger partial charge in [0, 0.05) is 12.3 Å². The van der Waals surface area contributed by atoms with Crippen molar-refractivity contribution in [1.82, 2.24) is 4.90 Å². The molecule has 2 aliphatic heterocycles. The van der Waals surface area contributed by atoms with E-state index in [4.69, 9.17) is 9.47 Å². The number of methoxy groups -OCH3 is 1. The highest BCUT2D eigenvalue weighted by Gasteiger charge is 2.37. The summed E-state index contributed by atoms with van der Waals surface area (Å²) < 4.78 is 10.0. The summed E-state index contributed by atoms with van der Waals surface area (Å²) >= 11 is 0. The summed E-state index contributed by atoms with van der Waals surface area (Å²) in [5.74, 6) is -0.396. The second kappa shape index (κ2) is 4.85. The van der Waals surface area contributed by atoms with Gasteiger partial charge < -0.3 is 9.47 Å². The van der Waals surface area contributed by atoms with E-state index in [9.17, 15) is 9.59 Å². The maximum atomic E-state index is 11.9. The molecule has 5 nitrogen and oxygen atoms in total. The third-order valence-corrected chi connectivity index (χ3v) is 3.40. The number of benzene rings is 1. The number of carbonyl (C=O) groups is 2. The van der Waals surface area contributed by atoms with Crippen molar-refractivity contribution in [2.45, 2.75) is 12.1 Å². The lowest BCUT2D eigenvalue weighted by atomic mass is 9.92. The van der Waals surface area contributed by atoms with Crippen molar-refractivity contribution in [3.8, 4) is 0 Å². The Morgan fingerprint density at radius 1 is 1.30 bits per heavy atom. The zero-order valence-corrected chi connectivity index (χ0v) is 10.9. The highest BCUT2D eigenvalue weighted by molar-refractivity contribution is 5.85. The first-order valence-electron chi connectivity index (χ1n) is 6.23. The standard InChI is InChI=1S/C15H13NO4/c1-19-15(18)16-9-8-10-4-2-3-5-11(10)14(16)12-6-7-13(17)20-12/h2-9,12,14H,1H3/t12-,14-/m1/s1. The smallest absolute Gasteiger partial charge is 0.414 e. The Kier molecular flexibility index (Phi) is 3.02. The monoisotopic (exact) mass is 271 g/mol. The Labute approximate surface area is 116 Å². The number of cyclic esters (lactones) is 1. The molecule has 0 bridgehead atoms. The van der Waals surface area contributed by atoms with Crippen LogP contribution < -0.4 is 0 Å². The van der Waals surface area contributed by atoms with Crippen LogP contribution in [0.15, 0.2) is 42.6 Å². The molecule has 0 unspecified atom stereocenters. The van der Waals surface area contributed by atoms with E-state index in [0.717, 1.165) is 11.1 Å². The molecule has 0 saturated heterocycles. The van der Waals surface area contributed by atoms with Gasteiger partial charge in [0.05, 0.1) is 7.11 Å². The van der Waals surface area contributed by atoms with Crippen molar-refractivity contribution in [3.05, 3.63) is 53.7 Å². The van der Waals surface area contributed by atoms with Gasteiger partial charge in [-0.05, 0) is 23.3 Å². The van der Waals surface area contributed by atoms with E-state index in [1.807, 2.05) is 30.3 Å². The number of nitrogens with zero attached hydrogens (tertiary/aromatic N) is 1. The zero-order valence-electron chi connectivity index (χ0n) is 10.9. The maximum Gasteiger partial charge on any atom is 0.414 e. The lowest BCUT2D eigenvalue weighted by Crippen LogP contribution is -2.39. The van der Waals surface area contributed by atoms with Gasteiger partial charge in [0.25, 0.3) is 0 Å². The summed E-state index contributed by atoms with van der Waals surface area (Å²) in [6, 6.07) is 7.27. The van der Waals surface area contributed by atoms with Crippen LogP contribution >= 0.6 is 0 Å². The molecule has 2 atom stereocenters. The molecule has 2 aliphatic rings. The van der Waals surface area contributed by atoms with E-state index in [2.05, 4.69) is 0 Å². The van der Waals surface area contributed by atoms with Gasteiger partial charge >= 0.3 is 12.1 Å². The van der Waals surface area contributed by atoms with Crippen LogP contribution in [0, 0.1) is 0 Å². The van der Waals surface area contributed by atoms with Crippen molar-refractivity contribution < 1.29 is 19.1 Å². The van der Waals surface area contributed by atoms with Gasteiger partial charge in [-0.3, -0.25) is 4.90 Å². The Hall–Kier alpha value is -2.56. The normalized spacial score (nSPS) is 23.4. The fourth-order valence-electron chi connectivity index (χ4n) is 2.51. The average Bonchev–Trinajstić information content (AvgIpc) is 2.91. The van der Waals surface area contributed by atoms with Crippen LogP contribution in [0.1, 0.15) is 17.2 Å². The number of amides is 1.